The van der Waals surface area contributed by atoms with E-state index in [0.717, 1.165) is 34.8 Å². The molecule has 0 saturated carbocycles. The lowest BCUT2D eigenvalue weighted by Crippen LogP contribution is -2.31. The van der Waals surface area contributed by atoms with E-state index >= 15 is 0 Å². The topological polar surface area (TPSA) is 105 Å². The van der Waals surface area contributed by atoms with Gasteiger partial charge in [0.1, 0.15) is 4.90 Å². The van der Waals surface area contributed by atoms with E-state index in [2.05, 4.69) is 10.5 Å². The molecule has 2 aromatic rings. The van der Waals surface area contributed by atoms with Gasteiger partial charge in [-0.25, -0.2) is 17.2 Å². The molecule has 28 heavy (non-hydrogen) atoms. The standard InChI is InChI=1S/C17H18F2N4O4S/c1-3-22(4-2)28(26,27)17-10-13(23(24)25)6-8-16(17)21-20-11-12-5-7-14(18)15(19)9-12/h5-11,21H,3-4H2,1-2H3/b20-11-. The van der Waals surface area contributed by atoms with Gasteiger partial charge in [0, 0.05) is 25.2 Å². The number of nitrogens with zero attached hydrogens (tertiary/aromatic N) is 3. The number of nitro groups is 1. The third kappa shape index (κ3) is 4.67. The molecule has 0 unspecified atom stereocenters. The summed E-state index contributed by atoms with van der Waals surface area (Å²) < 4.78 is 53.0. The van der Waals surface area contributed by atoms with Crippen molar-refractivity contribution in [1.29, 1.82) is 0 Å². The number of non-ortho nitro benzene ring substituents is 1. The average molecular weight is 412 g/mol. The molecule has 8 nitrogen and oxygen atoms in total. The molecule has 0 radical (unpaired) electrons. The molecule has 0 aliphatic carbocycles. The molecule has 0 fully saturated rings. The first kappa shape index (κ1) is 21.4. The molecule has 150 valence electrons. The highest BCUT2D eigenvalue weighted by molar-refractivity contribution is 7.89. The summed E-state index contributed by atoms with van der Waals surface area (Å²) in [5, 5.41) is 14.9. The van der Waals surface area contributed by atoms with Gasteiger partial charge in [-0.15, -0.1) is 0 Å². The molecule has 0 spiro atoms. The Hall–Kier alpha value is -2.92. The first-order valence-corrected chi connectivity index (χ1v) is 9.67. The number of halogens is 2. The number of sulfonamides is 1. The monoisotopic (exact) mass is 412 g/mol. The van der Waals surface area contributed by atoms with Crippen LogP contribution in [0.5, 0.6) is 0 Å². The Morgan fingerprint density at radius 2 is 1.82 bits per heavy atom. The highest BCUT2D eigenvalue weighted by atomic mass is 32.2. The van der Waals surface area contributed by atoms with Crippen LogP contribution in [0.4, 0.5) is 20.2 Å². The lowest BCUT2D eigenvalue weighted by Gasteiger charge is -2.20. The normalized spacial score (nSPS) is 11.9. The zero-order chi connectivity index (χ0) is 20.9. The molecule has 0 aliphatic heterocycles. The summed E-state index contributed by atoms with van der Waals surface area (Å²) in [7, 11) is -4.01. The SMILES string of the molecule is CCN(CC)S(=O)(=O)c1cc([N+](=O)[O-])ccc1N/N=C\c1ccc(F)c(F)c1. The van der Waals surface area contributed by atoms with E-state index in [1.807, 2.05) is 0 Å². The predicted molar refractivity (Wildman–Crippen MR) is 101 cm³/mol. The summed E-state index contributed by atoms with van der Waals surface area (Å²) in [6, 6.07) is 6.44. The highest BCUT2D eigenvalue weighted by Crippen LogP contribution is 2.29. The van der Waals surface area contributed by atoms with Gasteiger partial charge in [-0.1, -0.05) is 19.9 Å². The number of benzene rings is 2. The van der Waals surface area contributed by atoms with Crippen molar-refractivity contribution in [1.82, 2.24) is 4.31 Å². The van der Waals surface area contributed by atoms with Gasteiger partial charge in [-0.05, 0) is 23.8 Å². The molecule has 11 heteroatoms. The van der Waals surface area contributed by atoms with Crippen molar-refractivity contribution < 1.29 is 22.1 Å². The first-order chi connectivity index (χ1) is 13.2. The van der Waals surface area contributed by atoms with Gasteiger partial charge in [0.2, 0.25) is 10.0 Å². The summed E-state index contributed by atoms with van der Waals surface area (Å²) in [5.74, 6) is -2.06. The number of rotatable bonds is 8. The van der Waals surface area contributed by atoms with Gasteiger partial charge in [-0.3, -0.25) is 15.5 Å². The van der Waals surface area contributed by atoms with Crippen LogP contribution in [0.1, 0.15) is 19.4 Å². The number of nitro benzene ring substituents is 1. The molecule has 0 aliphatic rings. The van der Waals surface area contributed by atoms with Crippen LogP contribution in [-0.4, -0.2) is 37.0 Å². The minimum atomic E-state index is -4.01. The fourth-order valence-corrected chi connectivity index (χ4v) is 4.02. The van der Waals surface area contributed by atoms with Gasteiger partial charge in [-0.2, -0.15) is 9.41 Å². The summed E-state index contributed by atoms with van der Waals surface area (Å²) in [5.41, 5.74) is 2.36. The van der Waals surface area contributed by atoms with E-state index in [1.54, 1.807) is 13.8 Å². The van der Waals surface area contributed by atoms with E-state index < -0.39 is 26.6 Å². The second-order valence-electron chi connectivity index (χ2n) is 5.57. The minimum Gasteiger partial charge on any atom is -0.277 e. The second kappa shape index (κ2) is 8.85. The zero-order valence-electron chi connectivity index (χ0n) is 15.1. The van der Waals surface area contributed by atoms with Crippen molar-refractivity contribution in [2.45, 2.75) is 18.7 Å². The van der Waals surface area contributed by atoms with E-state index in [0.29, 0.717) is 0 Å². The maximum atomic E-state index is 13.2. The predicted octanol–water partition coefficient (Wildman–Crippen LogP) is 3.35. The molecule has 0 heterocycles. The van der Waals surface area contributed by atoms with Crippen LogP contribution in [0.3, 0.4) is 0 Å². The molecule has 0 bridgehead atoms. The van der Waals surface area contributed by atoms with Crippen LogP contribution in [0.25, 0.3) is 0 Å². The molecule has 1 N–H and O–H groups in total. The van der Waals surface area contributed by atoms with E-state index in [9.17, 15) is 27.3 Å². The number of hydrazone groups is 1. The fraction of sp³-hybridized carbons (Fsp3) is 0.235. The Balaban J connectivity index is 2.41. The third-order valence-electron chi connectivity index (χ3n) is 3.84. The van der Waals surface area contributed by atoms with Gasteiger partial charge in [0.25, 0.3) is 5.69 Å². The van der Waals surface area contributed by atoms with Gasteiger partial charge < -0.3 is 0 Å². The van der Waals surface area contributed by atoms with Crippen molar-refractivity contribution in [3.63, 3.8) is 0 Å². The van der Waals surface area contributed by atoms with Crippen molar-refractivity contribution in [2.24, 2.45) is 5.10 Å². The quantitative estimate of drug-likeness (QED) is 0.407. The Kier molecular flexibility index (Phi) is 6.75. The summed E-state index contributed by atoms with van der Waals surface area (Å²) in [4.78, 5) is 10.0. The maximum Gasteiger partial charge on any atom is 0.270 e. The molecular weight excluding hydrogens is 394 g/mol. The van der Waals surface area contributed by atoms with Crippen LogP contribution in [0, 0.1) is 21.7 Å². The smallest absolute Gasteiger partial charge is 0.270 e. The lowest BCUT2D eigenvalue weighted by molar-refractivity contribution is -0.385. The van der Waals surface area contributed by atoms with Gasteiger partial charge in [0.05, 0.1) is 16.8 Å². The second-order valence-corrected chi connectivity index (χ2v) is 7.48. The van der Waals surface area contributed by atoms with E-state index in [1.165, 1.54) is 12.1 Å². The fourth-order valence-electron chi connectivity index (χ4n) is 2.40. The minimum absolute atomic E-state index is 0.0105. The highest BCUT2D eigenvalue weighted by Gasteiger charge is 2.27. The van der Waals surface area contributed by atoms with Crippen molar-refractivity contribution in [3.8, 4) is 0 Å². The average Bonchev–Trinajstić information content (AvgIpc) is 2.65. The molecule has 0 saturated heterocycles. The summed E-state index contributed by atoms with van der Waals surface area (Å²) in [6.45, 7) is 3.65. The first-order valence-electron chi connectivity index (χ1n) is 8.23. The Labute approximate surface area is 160 Å². The summed E-state index contributed by atoms with van der Waals surface area (Å²) >= 11 is 0. The summed E-state index contributed by atoms with van der Waals surface area (Å²) in [6.07, 6.45) is 1.16. The largest absolute Gasteiger partial charge is 0.277 e. The van der Waals surface area contributed by atoms with Gasteiger partial charge in [0.15, 0.2) is 11.6 Å². The van der Waals surface area contributed by atoms with Crippen molar-refractivity contribution in [2.75, 3.05) is 18.5 Å². The Morgan fingerprint density at radius 1 is 1.14 bits per heavy atom. The Bertz CT molecular complexity index is 1010. The van der Waals surface area contributed by atoms with Crippen molar-refractivity contribution >= 4 is 27.6 Å². The number of anilines is 1. The third-order valence-corrected chi connectivity index (χ3v) is 5.93. The van der Waals surface area contributed by atoms with Crippen LogP contribution in [0.15, 0.2) is 46.4 Å². The van der Waals surface area contributed by atoms with Gasteiger partial charge >= 0.3 is 0 Å². The molecule has 0 amide bonds. The van der Waals surface area contributed by atoms with Crippen LogP contribution < -0.4 is 5.43 Å². The molecule has 0 aromatic heterocycles. The lowest BCUT2D eigenvalue weighted by atomic mass is 10.2. The molecular formula is C17H18F2N4O4S. The molecule has 0 atom stereocenters. The zero-order valence-corrected chi connectivity index (χ0v) is 15.9. The van der Waals surface area contributed by atoms with Crippen LogP contribution >= 0.6 is 0 Å². The molecule has 2 rings (SSSR count). The van der Waals surface area contributed by atoms with Crippen LogP contribution in [0.2, 0.25) is 0 Å². The maximum absolute atomic E-state index is 13.2. The Morgan fingerprint density at radius 3 is 2.39 bits per heavy atom. The molecule has 2 aromatic carbocycles. The number of hydrogen-bond donors (Lipinski definition) is 1. The van der Waals surface area contributed by atoms with Crippen molar-refractivity contribution in [3.05, 3.63) is 63.7 Å². The van der Waals surface area contributed by atoms with E-state index in [-0.39, 0.29) is 34.9 Å². The number of nitrogens with one attached hydrogen (secondary N) is 1. The number of hydrogen-bond acceptors (Lipinski definition) is 6. The van der Waals surface area contributed by atoms with Crippen LogP contribution in [-0.2, 0) is 10.0 Å². The van der Waals surface area contributed by atoms with E-state index in [4.69, 9.17) is 0 Å².